The third-order valence-corrected chi connectivity index (χ3v) is 3.31. The molecule has 0 spiro atoms. The third-order valence-electron chi connectivity index (χ3n) is 3.31. The Morgan fingerprint density at radius 2 is 2.29 bits per heavy atom. The Kier molecular flexibility index (Phi) is 4.58. The number of nitrogens with zero attached hydrogens (tertiary/aromatic N) is 2. The maximum Gasteiger partial charge on any atom is 0.406 e. The predicted octanol–water partition coefficient (Wildman–Crippen LogP) is 1.88. The second kappa shape index (κ2) is 6.22. The molecule has 0 N–H and O–H groups in total. The van der Waals surface area contributed by atoms with E-state index in [1.165, 1.54) is 6.26 Å². The zero-order chi connectivity index (χ0) is 15.5. The summed E-state index contributed by atoms with van der Waals surface area (Å²) < 4.78 is 42.4. The molecule has 2 heterocycles. The van der Waals surface area contributed by atoms with Crippen molar-refractivity contribution in [2.45, 2.75) is 25.2 Å². The summed E-state index contributed by atoms with van der Waals surface area (Å²) in [6.45, 7) is -0.653. The number of carbonyl (C=O) groups excluding carboxylic acids is 1. The fourth-order valence-electron chi connectivity index (χ4n) is 2.43. The van der Waals surface area contributed by atoms with Crippen molar-refractivity contribution in [3.05, 3.63) is 24.2 Å². The maximum absolute atomic E-state index is 12.4. The summed E-state index contributed by atoms with van der Waals surface area (Å²) in [6, 6.07) is 2.81. The molecule has 1 saturated heterocycles. The Morgan fingerprint density at radius 1 is 1.52 bits per heavy atom. The number of carbonyl (C=O) groups is 1. The van der Waals surface area contributed by atoms with E-state index in [9.17, 15) is 18.0 Å². The van der Waals surface area contributed by atoms with Gasteiger partial charge in [-0.15, -0.1) is 6.42 Å². The molecular weight excluding hydrogens is 285 g/mol. The van der Waals surface area contributed by atoms with Crippen LogP contribution in [0.2, 0.25) is 0 Å². The van der Waals surface area contributed by atoms with Gasteiger partial charge >= 0.3 is 6.18 Å². The SMILES string of the molecule is C#CCN(Cc1ccco1)[C@@H]1CCN(CC(F)(F)F)C1=O. The largest absolute Gasteiger partial charge is 0.468 e. The molecule has 1 aromatic rings. The molecule has 7 heteroatoms. The standard InChI is InChI=1S/C14H15F3N2O2/c1-2-6-18(9-11-4-3-8-21-11)12-5-7-19(13(12)20)10-14(15,16)17/h1,3-4,8,12H,5-7,9-10H2/t12-/m1/s1. The molecule has 0 bridgehead atoms. The van der Waals surface area contributed by atoms with Crippen LogP contribution >= 0.6 is 0 Å². The fraction of sp³-hybridized carbons (Fsp3) is 0.500. The van der Waals surface area contributed by atoms with Gasteiger partial charge in [-0.3, -0.25) is 9.69 Å². The van der Waals surface area contributed by atoms with E-state index in [2.05, 4.69) is 5.92 Å². The van der Waals surface area contributed by atoms with Crippen molar-refractivity contribution < 1.29 is 22.4 Å². The molecular formula is C14H15F3N2O2. The Hall–Kier alpha value is -1.94. The van der Waals surface area contributed by atoms with E-state index in [1.54, 1.807) is 17.0 Å². The quantitative estimate of drug-likeness (QED) is 0.779. The first-order valence-corrected chi connectivity index (χ1v) is 6.46. The number of amides is 1. The lowest BCUT2D eigenvalue weighted by atomic mass is 10.2. The minimum atomic E-state index is -4.39. The molecule has 0 unspecified atom stereocenters. The zero-order valence-electron chi connectivity index (χ0n) is 11.3. The summed E-state index contributed by atoms with van der Waals surface area (Å²) >= 11 is 0. The lowest BCUT2D eigenvalue weighted by Gasteiger charge is -2.25. The van der Waals surface area contributed by atoms with Crippen molar-refractivity contribution in [3.63, 3.8) is 0 Å². The van der Waals surface area contributed by atoms with Gasteiger partial charge in [-0.05, 0) is 18.6 Å². The average molecular weight is 300 g/mol. The highest BCUT2D eigenvalue weighted by atomic mass is 19.4. The van der Waals surface area contributed by atoms with E-state index in [0.29, 0.717) is 18.7 Å². The molecule has 0 saturated carbocycles. The number of alkyl halides is 3. The van der Waals surface area contributed by atoms with Gasteiger partial charge in [0.15, 0.2) is 0 Å². The van der Waals surface area contributed by atoms with Gasteiger partial charge in [0.25, 0.3) is 0 Å². The van der Waals surface area contributed by atoms with Crippen molar-refractivity contribution in [1.29, 1.82) is 0 Å². The van der Waals surface area contributed by atoms with Gasteiger partial charge in [0.05, 0.1) is 25.4 Å². The number of furan rings is 1. The number of likely N-dealkylation sites (tertiary alicyclic amines) is 1. The highest BCUT2D eigenvalue weighted by Crippen LogP contribution is 2.24. The third kappa shape index (κ3) is 4.02. The second-order valence-corrected chi connectivity index (χ2v) is 4.87. The van der Waals surface area contributed by atoms with E-state index in [0.717, 1.165) is 4.90 Å². The number of terminal acetylenes is 1. The van der Waals surface area contributed by atoms with Gasteiger partial charge in [0, 0.05) is 6.54 Å². The van der Waals surface area contributed by atoms with Crippen LogP contribution in [-0.2, 0) is 11.3 Å². The summed E-state index contributed by atoms with van der Waals surface area (Å²) in [4.78, 5) is 14.6. The highest BCUT2D eigenvalue weighted by Gasteiger charge is 2.41. The van der Waals surface area contributed by atoms with Crippen molar-refractivity contribution in [1.82, 2.24) is 9.80 Å². The van der Waals surface area contributed by atoms with Crippen LogP contribution in [0, 0.1) is 12.3 Å². The van der Waals surface area contributed by atoms with Crippen LogP contribution in [-0.4, -0.2) is 47.6 Å². The molecule has 4 nitrogen and oxygen atoms in total. The molecule has 0 aromatic carbocycles. The molecule has 1 fully saturated rings. The molecule has 0 radical (unpaired) electrons. The lowest BCUT2D eigenvalue weighted by Crippen LogP contribution is -2.43. The molecule has 114 valence electrons. The van der Waals surface area contributed by atoms with Crippen molar-refractivity contribution in [2.75, 3.05) is 19.6 Å². The van der Waals surface area contributed by atoms with Gasteiger partial charge in [-0.1, -0.05) is 5.92 Å². The number of hydrogen-bond donors (Lipinski definition) is 0. The average Bonchev–Trinajstić information content (AvgIpc) is 2.99. The molecule has 21 heavy (non-hydrogen) atoms. The molecule has 1 aliphatic heterocycles. The summed E-state index contributed by atoms with van der Waals surface area (Å²) in [7, 11) is 0. The zero-order valence-corrected chi connectivity index (χ0v) is 11.3. The Labute approximate surface area is 120 Å². The minimum absolute atomic E-state index is 0.0856. The number of hydrogen-bond acceptors (Lipinski definition) is 3. The Bertz CT molecular complexity index is 519. The number of rotatable bonds is 5. The van der Waals surface area contributed by atoms with Crippen LogP contribution in [0.1, 0.15) is 12.2 Å². The minimum Gasteiger partial charge on any atom is -0.468 e. The predicted molar refractivity (Wildman–Crippen MR) is 69.0 cm³/mol. The lowest BCUT2D eigenvalue weighted by molar-refractivity contribution is -0.159. The van der Waals surface area contributed by atoms with Gasteiger partial charge in [0.1, 0.15) is 12.3 Å². The Balaban J connectivity index is 2.04. The fourth-order valence-corrected chi connectivity index (χ4v) is 2.43. The first-order valence-electron chi connectivity index (χ1n) is 6.46. The molecule has 1 amide bonds. The maximum atomic E-state index is 12.4. The van der Waals surface area contributed by atoms with Gasteiger partial charge in [0.2, 0.25) is 5.91 Å². The number of halogens is 3. The van der Waals surface area contributed by atoms with Crippen LogP contribution in [0.4, 0.5) is 13.2 Å². The molecule has 1 aromatic heterocycles. The van der Waals surface area contributed by atoms with Gasteiger partial charge < -0.3 is 9.32 Å². The molecule has 1 atom stereocenters. The van der Waals surface area contributed by atoms with Crippen molar-refractivity contribution >= 4 is 5.91 Å². The van der Waals surface area contributed by atoms with Crippen LogP contribution in [0.25, 0.3) is 0 Å². The first-order chi connectivity index (χ1) is 9.90. The smallest absolute Gasteiger partial charge is 0.406 e. The topological polar surface area (TPSA) is 36.7 Å². The van der Waals surface area contributed by atoms with Crippen molar-refractivity contribution in [2.24, 2.45) is 0 Å². The summed E-state index contributed by atoms with van der Waals surface area (Å²) in [5.74, 6) is 2.52. The van der Waals surface area contributed by atoms with Crippen molar-refractivity contribution in [3.8, 4) is 12.3 Å². The van der Waals surface area contributed by atoms with E-state index >= 15 is 0 Å². The monoisotopic (exact) mass is 300 g/mol. The molecule has 1 aliphatic rings. The normalized spacial score (nSPS) is 19.3. The van der Waals surface area contributed by atoms with E-state index in [1.807, 2.05) is 0 Å². The second-order valence-electron chi connectivity index (χ2n) is 4.87. The molecule has 0 aliphatic carbocycles. The van der Waals surface area contributed by atoms with Crippen LogP contribution in [0.3, 0.4) is 0 Å². The van der Waals surface area contributed by atoms with Gasteiger partial charge in [-0.25, -0.2) is 0 Å². The van der Waals surface area contributed by atoms with E-state index in [4.69, 9.17) is 10.8 Å². The van der Waals surface area contributed by atoms with E-state index < -0.39 is 24.7 Å². The van der Waals surface area contributed by atoms with Crippen LogP contribution < -0.4 is 0 Å². The highest BCUT2D eigenvalue weighted by molar-refractivity contribution is 5.84. The van der Waals surface area contributed by atoms with Crippen LogP contribution in [0.15, 0.2) is 22.8 Å². The first kappa shape index (κ1) is 15.4. The van der Waals surface area contributed by atoms with Gasteiger partial charge in [-0.2, -0.15) is 13.2 Å². The van der Waals surface area contributed by atoms with Crippen LogP contribution in [0.5, 0.6) is 0 Å². The Morgan fingerprint density at radius 3 is 2.86 bits per heavy atom. The summed E-state index contributed by atoms with van der Waals surface area (Å²) in [5.41, 5.74) is 0. The van der Waals surface area contributed by atoms with E-state index in [-0.39, 0.29) is 13.1 Å². The molecule has 2 rings (SSSR count). The summed E-state index contributed by atoms with van der Waals surface area (Å²) in [5, 5.41) is 0. The summed E-state index contributed by atoms with van der Waals surface area (Å²) in [6.07, 6.45) is 2.72.